The molecule has 0 unspecified atom stereocenters. The standard InChI is InChI=1S/C15H20N2O5S/c1-15(2,14(19)20)16(3)13(18)11-5-6-12-10(9-11)7-8-17(12)23(4,21)22/h5-6,9H,7-8H2,1-4H3,(H,19,20). The summed E-state index contributed by atoms with van der Waals surface area (Å²) in [5.74, 6) is -1.52. The van der Waals surface area contributed by atoms with Crippen LogP contribution >= 0.6 is 0 Å². The van der Waals surface area contributed by atoms with Gasteiger partial charge in [-0.2, -0.15) is 0 Å². The number of likely N-dealkylation sites (N-methyl/N-ethyl adjacent to an activating group) is 1. The van der Waals surface area contributed by atoms with Gasteiger partial charge in [-0.15, -0.1) is 0 Å². The second-order valence-electron chi connectivity index (χ2n) is 6.16. The highest BCUT2D eigenvalue weighted by Gasteiger charge is 2.36. The van der Waals surface area contributed by atoms with Gasteiger partial charge in [-0.3, -0.25) is 9.10 Å². The molecule has 0 saturated heterocycles. The van der Waals surface area contributed by atoms with E-state index in [2.05, 4.69) is 0 Å². The van der Waals surface area contributed by atoms with Gasteiger partial charge < -0.3 is 10.0 Å². The van der Waals surface area contributed by atoms with Gasteiger partial charge >= 0.3 is 5.97 Å². The summed E-state index contributed by atoms with van der Waals surface area (Å²) in [4.78, 5) is 24.9. The summed E-state index contributed by atoms with van der Waals surface area (Å²) < 4.78 is 24.7. The van der Waals surface area contributed by atoms with E-state index >= 15 is 0 Å². The lowest BCUT2D eigenvalue weighted by molar-refractivity contribution is -0.147. The maximum atomic E-state index is 12.5. The molecule has 126 valence electrons. The molecule has 1 aliphatic rings. The summed E-state index contributed by atoms with van der Waals surface area (Å²) in [6.45, 7) is 3.25. The van der Waals surface area contributed by atoms with E-state index in [0.29, 0.717) is 24.2 Å². The molecule has 1 amide bonds. The molecule has 0 atom stereocenters. The average molecular weight is 340 g/mol. The quantitative estimate of drug-likeness (QED) is 0.880. The van der Waals surface area contributed by atoms with Crippen LogP contribution in [0.15, 0.2) is 18.2 Å². The van der Waals surface area contributed by atoms with Crippen molar-refractivity contribution in [1.29, 1.82) is 0 Å². The van der Waals surface area contributed by atoms with Crippen molar-refractivity contribution in [2.24, 2.45) is 0 Å². The van der Waals surface area contributed by atoms with Crippen molar-refractivity contribution < 1.29 is 23.1 Å². The van der Waals surface area contributed by atoms with Gasteiger partial charge in [0.1, 0.15) is 5.54 Å². The van der Waals surface area contributed by atoms with Gasteiger partial charge in [-0.05, 0) is 44.0 Å². The van der Waals surface area contributed by atoms with Crippen LogP contribution in [-0.4, -0.2) is 55.7 Å². The molecule has 0 radical (unpaired) electrons. The van der Waals surface area contributed by atoms with Crippen LogP contribution in [0.3, 0.4) is 0 Å². The smallest absolute Gasteiger partial charge is 0.329 e. The summed E-state index contributed by atoms with van der Waals surface area (Å²) in [7, 11) is -1.90. The highest BCUT2D eigenvalue weighted by Crippen LogP contribution is 2.31. The molecule has 1 N–H and O–H groups in total. The number of benzene rings is 1. The third-order valence-electron chi connectivity index (χ3n) is 4.25. The average Bonchev–Trinajstić information content (AvgIpc) is 2.88. The van der Waals surface area contributed by atoms with Crippen molar-refractivity contribution in [2.75, 3.05) is 24.2 Å². The minimum atomic E-state index is -3.34. The Hall–Kier alpha value is -2.09. The zero-order valence-corrected chi connectivity index (χ0v) is 14.3. The van der Waals surface area contributed by atoms with Crippen LogP contribution in [0.1, 0.15) is 29.8 Å². The molecule has 0 fully saturated rings. The summed E-state index contributed by atoms with van der Waals surface area (Å²) >= 11 is 0. The molecule has 7 nitrogen and oxygen atoms in total. The van der Waals surface area contributed by atoms with Gasteiger partial charge in [-0.25, -0.2) is 13.2 Å². The van der Waals surface area contributed by atoms with Crippen LogP contribution in [0.4, 0.5) is 5.69 Å². The second-order valence-corrected chi connectivity index (χ2v) is 8.06. The maximum Gasteiger partial charge on any atom is 0.329 e. The summed E-state index contributed by atoms with van der Waals surface area (Å²) in [5.41, 5.74) is 0.345. The van der Waals surface area contributed by atoms with Crippen molar-refractivity contribution in [3.8, 4) is 0 Å². The Bertz CT molecular complexity index is 770. The van der Waals surface area contributed by atoms with Gasteiger partial charge in [-0.1, -0.05) is 0 Å². The molecular weight excluding hydrogens is 320 g/mol. The van der Waals surface area contributed by atoms with Gasteiger partial charge in [0.05, 0.1) is 11.9 Å². The Kier molecular flexibility index (Phi) is 4.14. The zero-order valence-electron chi connectivity index (χ0n) is 13.5. The number of carbonyl (C=O) groups is 2. The minimum absolute atomic E-state index is 0.343. The highest BCUT2D eigenvalue weighted by atomic mass is 32.2. The molecule has 0 bridgehead atoms. The molecule has 1 heterocycles. The van der Waals surface area contributed by atoms with Crippen LogP contribution in [0.25, 0.3) is 0 Å². The first kappa shape index (κ1) is 17.3. The minimum Gasteiger partial charge on any atom is -0.480 e. The van der Waals surface area contributed by atoms with E-state index in [1.807, 2.05) is 0 Å². The Labute approximate surface area is 135 Å². The highest BCUT2D eigenvalue weighted by molar-refractivity contribution is 7.92. The van der Waals surface area contributed by atoms with Crippen LogP contribution in [0, 0.1) is 0 Å². The predicted octanol–water partition coefficient (Wildman–Crippen LogP) is 0.944. The molecule has 0 saturated carbocycles. The Morgan fingerprint density at radius 2 is 1.91 bits per heavy atom. The molecule has 23 heavy (non-hydrogen) atoms. The van der Waals surface area contributed by atoms with E-state index in [4.69, 9.17) is 0 Å². The Morgan fingerprint density at radius 3 is 2.43 bits per heavy atom. The molecule has 0 aliphatic carbocycles. The summed E-state index contributed by atoms with van der Waals surface area (Å²) in [6, 6.07) is 4.76. The van der Waals surface area contributed by atoms with Crippen molar-refractivity contribution in [3.05, 3.63) is 29.3 Å². The molecule has 1 aromatic carbocycles. The lowest BCUT2D eigenvalue weighted by Gasteiger charge is -2.31. The number of carboxylic acid groups (broad SMARTS) is 1. The normalized spacial score (nSPS) is 14.5. The Morgan fingerprint density at radius 1 is 1.30 bits per heavy atom. The number of sulfonamides is 1. The molecule has 0 aromatic heterocycles. The number of rotatable bonds is 4. The monoisotopic (exact) mass is 340 g/mol. The number of fused-ring (bicyclic) bond motifs is 1. The van der Waals surface area contributed by atoms with E-state index in [-0.39, 0.29) is 0 Å². The van der Waals surface area contributed by atoms with Crippen LogP contribution in [0.2, 0.25) is 0 Å². The van der Waals surface area contributed by atoms with Gasteiger partial charge in [0.15, 0.2) is 0 Å². The maximum absolute atomic E-state index is 12.5. The summed E-state index contributed by atoms with van der Waals surface area (Å²) in [5, 5.41) is 9.22. The van der Waals surface area contributed by atoms with E-state index < -0.39 is 27.4 Å². The molecule has 2 rings (SSSR count). The van der Waals surface area contributed by atoms with Gasteiger partial charge in [0, 0.05) is 19.2 Å². The van der Waals surface area contributed by atoms with E-state index in [9.17, 15) is 23.1 Å². The number of anilines is 1. The lowest BCUT2D eigenvalue weighted by atomic mass is 10.0. The van der Waals surface area contributed by atoms with Gasteiger partial charge in [0.2, 0.25) is 10.0 Å². The van der Waals surface area contributed by atoms with E-state index in [0.717, 1.165) is 11.8 Å². The number of carbonyl (C=O) groups excluding carboxylic acids is 1. The number of carboxylic acids is 1. The number of hydrogen-bond acceptors (Lipinski definition) is 4. The van der Waals surface area contributed by atoms with Crippen LogP contribution < -0.4 is 4.31 Å². The molecule has 8 heteroatoms. The fourth-order valence-corrected chi connectivity index (χ4v) is 3.40. The van der Waals surface area contributed by atoms with Crippen LogP contribution in [-0.2, 0) is 21.2 Å². The zero-order chi connectivity index (χ0) is 17.6. The first-order valence-electron chi connectivity index (χ1n) is 7.08. The molecular formula is C15H20N2O5S. The van der Waals surface area contributed by atoms with E-state index in [1.54, 1.807) is 12.1 Å². The van der Waals surface area contributed by atoms with Crippen molar-refractivity contribution >= 4 is 27.6 Å². The van der Waals surface area contributed by atoms with Crippen molar-refractivity contribution in [2.45, 2.75) is 25.8 Å². The number of hydrogen-bond donors (Lipinski definition) is 1. The summed E-state index contributed by atoms with van der Waals surface area (Å²) in [6.07, 6.45) is 1.67. The van der Waals surface area contributed by atoms with Gasteiger partial charge in [0.25, 0.3) is 5.91 Å². The number of aliphatic carboxylic acids is 1. The molecule has 1 aromatic rings. The lowest BCUT2D eigenvalue weighted by Crippen LogP contribution is -2.50. The van der Waals surface area contributed by atoms with Crippen LogP contribution in [0.5, 0.6) is 0 Å². The molecule has 1 aliphatic heterocycles. The third-order valence-corrected chi connectivity index (χ3v) is 5.43. The number of nitrogens with zero attached hydrogens (tertiary/aromatic N) is 2. The first-order valence-corrected chi connectivity index (χ1v) is 8.93. The molecule has 0 spiro atoms. The predicted molar refractivity (Wildman–Crippen MR) is 86.1 cm³/mol. The Balaban J connectivity index is 2.34. The fraction of sp³-hybridized carbons (Fsp3) is 0.467. The third kappa shape index (κ3) is 3.03. The second kappa shape index (κ2) is 5.52. The van der Waals surface area contributed by atoms with Crippen molar-refractivity contribution in [1.82, 2.24) is 4.90 Å². The SMILES string of the molecule is CN(C(=O)c1ccc2c(c1)CCN2S(C)(=O)=O)C(C)(C)C(=O)O. The van der Waals surface area contributed by atoms with E-state index in [1.165, 1.54) is 36.2 Å². The fourth-order valence-electron chi connectivity index (χ4n) is 2.44. The first-order chi connectivity index (χ1) is 10.5. The largest absolute Gasteiger partial charge is 0.480 e. The number of amides is 1. The topological polar surface area (TPSA) is 95.0 Å². The van der Waals surface area contributed by atoms with Crippen molar-refractivity contribution in [3.63, 3.8) is 0 Å².